The molecule has 0 heterocycles. The van der Waals surface area contributed by atoms with Crippen LogP contribution in [-0.4, -0.2) is 13.2 Å². The van der Waals surface area contributed by atoms with Crippen LogP contribution >= 0.6 is 0 Å². The lowest BCUT2D eigenvalue weighted by atomic mass is 9.97. The Morgan fingerprint density at radius 1 is 1.00 bits per heavy atom. The van der Waals surface area contributed by atoms with Crippen molar-refractivity contribution in [3.05, 3.63) is 64.7 Å². The van der Waals surface area contributed by atoms with Gasteiger partial charge < -0.3 is 10.5 Å². The van der Waals surface area contributed by atoms with Crippen LogP contribution in [0.4, 0.5) is 0 Å². The number of fused-ring (bicyclic) bond motifs is 1. The van der Waals surface area contributed by atoms with E-state index in [1.807, 2.05) is 12.1 Å². The summed E-state index contributed by atoms with van der Waals surface area (Å²) in [5, 5.41) is 0. The predicted molar refractivity (Wildman–Crippen MR) is 86.8 cm³/mol. The molecule has 1 aliphatic carbocycles. The first-order chi connectivity index (χ1) is 10.2. The van der Waals surface area contributed by atoms with E-state index in [0.717, 1.165) is 18.6 Å². The Bertz CT molecular complexity index is 621. The predicted octanol–water partition coefficient (Wildman–Crippen LogP) is 3.30. The van der Waals surface area contributed by atoms with Crippen LogP contribution in [0.3, 0.4) is 0 Å². The average molecular weight is 281 g/mol. The van der Waals surface area contributed by atoms with Gasteiger partial charge in [0, 0.05) is 6.04 Å². The summed E-state index contributed by atoms with van der Waals surface area (Å²) in [7, 11) is 1.70. The SMILES string of the molecule is COc1cccc(CC(N)Cc2ccc3c(c2)CCC3)c1. The van der Waals surface area contributed by atoms with Crippen LogP contribution < -0.4 is 10.5 Å². The van der Waals surface area contributed by atoms with Gasteiger partial charge >= 0.3 is 0 Å². The molecule has 0 spiro atoms. The number of hydrogen-bond donors (Lipinski definition) is 1. The number of rotatable bonds is 5. The number of hydrogen-bond acceptors (Lipinski definition) is 2. The van der Waals surface area contributed by atoms with Gasteiger partial charge in [-0.15, -0.1) is 0 Å². The highest BCUT2D eigenvalue weighted by atomic mass is 16.5. The van der Waals surface area contributed by atoms with Gasteiger partial charge in [0.2, 0.25) is 0 Å². The zero-order valence-corrected chi connectivity index (χ0v) is 12.6. The lowest BCUT2D eigenvalue weighted by molar-refractivity contribution is 0.414. The molecule has 110 valence electrons. The summed E-state index contributed by atoms with van der Waals surface area (Å²) < 4.78 is 5.26. The van der Waals surface area contributed by atoms with Crippen LogP contribution in [0, 0.1) is 0 Å². The summed E-state index contributed by atoms with van der Waals surface area (Å²) in [6.45, 7) is 0. The molecule has 1 unspecified atom stereocenters. The molecule has 1 aliphatic rings. The summed E-state index contributed by atoms with van der Waals surface area (Å²) in [4.78, 5) is 0. The van der Waals surface area contributed by atoms with Crippen LogP contribution in [0.1, 0.15) is 28.7 Å². The minimum Gasteiger partial charge on any atom is -0.497 e. The Hall–Kier alpha value is -1.80. The minimum atomic E-state index is 0.150. The standard InChI is InChI=1S/C19H23NO/c1-21-19-7-2-4-14(13-19)11-18(20)12-15-8-9-16-5-3-6-17(16)10-15/h2,4,7-10,13,18H,3,5-6,11-12,20H2,1H3. The van der Waals surface area contributed by atoms with Gasteiger partial charge in [-0.25, -0.2) is 0 Å². The first-order valence-corrected chi connectivity index (χ1v) is 7.74. The summed E-state index contributed by atoms with van der Waals surface area (Å²) in [5.74, 6) is 0.900. The van der Waals surface area contributed by atoms with Crippen LogP contribution in [0.15, 0.2) is 42.5 Å². The van der Waals surface area contributed by atoms with E-state index >= 15 is 0 Å². The minimum absolute atomic E-state index is 0.150. The van der Waals surface area contributed by atoms with Crippen LogP contribution in [0.25, 0.3) is 0 Å². The van der Waals surface area contributed by atoms with Crippen LogP contribution in [-0.2, 0) is 25.7 Å². The molecule has 2 aromatic rings. The van der Waals surface area contributed by atoms with Gasteiger partial charge in [0.1, 0.15) is 5.75 Å². The number of methoxy groups -OCH3 is 1. The Balaban J connectivity index is 1.64. The molecule has 21 heavy (non-hydrogen) atoms. The summed E-state index contributed by atoms with van der Waals surface area (Å²) >= 11 is 0. The molecule has 3 rings (SSSR count). The quantitative estimate of drug-likeness (QED) is 0.912. The third-order valence-corrected chi connectivity index (χ3v) is 4.29. The number of aryl methyl sites for hydroxylation is 2. The van der Waals surface area contributed by atoms with Crippen molar-refractivity contribution < 1.29 is 4.74 Å². The van der Waals surface area contributed by atoms with E-state index < -0.39 is 0 Å². The van der Waals surface area contributed by atoms with Crippen molar-refractivity contribution in [2.24, 2.45) is 5.73 Å². The number of benzene rings is 2. The van der Waals surface area contributed by atoms with Crippen molar-refractivity contribution in [1.29, 1.82) is 0 Å². The molecular weight excluding hydrogens is 258 g/mol. The third-order valence-electron chi connectivity index (χ3n) is 4.29. The molecule has 0 saturated heterocycles. The molecule has 0 saturated carbocycles. The second-order valence-corrected chi connectivity index (χ2v) is 5.98. The summed E-state index contributed by atoms with van der Waals surface area (Å²) in [5.41, 5.74) is 12.0. The molecule has 0 fully saturated rings. The Morgan fingerprint density at radius 2 is 1.76 bits per heavy atom. The van der Waals surface area contributed by atoms with E-state index in [0.29, 0.717) is 0 Å². The van der Waals surface area contributed by atoms with E-state index in [1.165, 1.54) is 41.5 Å². The first kappa shape index (κ1) is 14.2. The van der Waals surface area contributed by atoms with Gasteiger partial charge in [-0.3, -0.25) is 0 Å². The molecule has 0 amide bonds. The highest BCUT2D eigenvalue weighted by Gasteiger charge is 2.12. The Kier molecular flexibility index (Phi) is 4.26. The van der Waals surface area contributed by atoms with Gasteiger partial charge in [-0.05, 0) is 66.5 Å². The molecule has 0 aliphatic heterocycles. The Morgan fingerprint density at radius 3 is 2.57 bits per heavy atom. The van der Waals surface area contributed by atoms with E-state index in [1.54, 1.807) is 7.11 Å². The van der Waals surface area contributed by atoms with Crippen molar-refractivity contribution >= 4 is 0 Å². The highest BCUT2D eigenvalue weighted by Crippen LogP contribution is 2.23. The smallest absolute Gasteiger partial charge is 0.119 e. The molecule has 0 aromatic heterocycles. The molecule has 2 aromatic carbocycles. The maximum atomic E-state index is 6.33. The lowest BCUT2D eigenvalue weighted by Crippen LogP contribution is -2.25. The average Bonchev–Trinajstić information content (AvgIpc) is 2.95. The zero-order chi connectivity index (χ0) is 14.7. The number of ether oxygens (including phenoxy) is 1. The molecule has 2 nitrogen and oxygen atoms in total. The molecule has 0 radical (unpaired) electrons. The third kappa shape index (κ3) is 3.45. The number of nitrogens with two attached hydrogens (primary N) is 1. The zero-order valence-electron chi connectivity index (χ0n) is 12.6. The van der Waals surface area contributed by atoms with Crippen molar-refractivity contribution in [2.75, 3.05) is 7.11 Å². The van der Waals surface area contributed by atoms with E-state index in [4.69, 9.17) is 10.5 Å². The molecule has 0 bridgehead atoms. The topological polar surface area (TPSA) is 35.2 Å². The maximum Gasteiger partial charge on any atom is 0.119 e. The second-order valence-electron chi connectivity index (χ2n) is 5.98. The van der Waals surface area contributed by atoms with Gasteiger partial charge in [0.25, 0.3) is 0 Å². The lowest BCUT2D eigenvalue weighted by Gasteiger charge is -2.13. The Labute approximate surface area is 126 Å². The second kappa shape index (κ2) is 6.31. The van der Waals surface area contributed by atoms with Gasteiger partial charge in [-0.2, -0.15) is 0 Å². The fourth-order valence-electron chi connectivity index (χ4n) is 3.23. The van der Waals surface area contributed by atoms with E-state index in [2.05, 4.69) is 30.3 Å². The van der Waals surface area contributed by atoms with Crippen molar-refractivity contribution in [1.82, 2.24) is 0 Å². The van der Waals surface area contributed by atoms with Crippen LogP contribution in [0.2, 0.25) is 0 Å². The molecule has 2 heteroatoms. The van der Waals surface area contributed by atoms with E-state index in [9.17, 15) is 0 Å². The maximum absolute atomic E-state index is 6.33. The van der Waals surface area contributed by atoms with Crippen LogP contribution in [0.5, 0.6) is 5.75 Å². The van der Waals surface area contributed by atoms with Crippen molar-refractivity contribution in [2.45, 2.75) is 38.1 Å². The molecular formula is C19H23NO. The van der Waals surface area contributed by atoms with Gasteiger partial charge in [0.15, 0.2) is 0 Å². The molecule has 2 N–H and O–H groups in total. The largest absolute Gasteiger partial charge is 0.497 e. The fraction of sp³-hybridized carbons (Fsp3) is 0.368. The molecule has 1 atom stereocenters. The van der Waals surface area contributed by atoms with E-state index in [-0.39, 0.29) is 6.04 Å². The monoisotopic (exact) mass is 281 g/mol. The van der Waals surface area contributed by atoms with Gasteiger partial charge in [-0.1, -0.05) is 30.3 Å². The summed E-state index contributed by atoms with van der Waals surface area (Å²) in [6.07, 6.45) is 5.59. The first-order valence-electron chi connectivity index (χ1n) is 7.74. The van der Waals surface area contributed by atoms with Crippen molar-refractivity contribution in [3.8, 4) is 5.75 Å². The fourth-order valence-corrected chi connectivity index (χ4v) is 3.23. The van der Waals surface area contributed by atoms with Crippen molar-refractivity contribution in [3.63, 3.8) is 0 Å². The normalized spacial score (nSPS) is 14.8. The summed E-state index contributed by atoms with van der Waals surface area (Å²) in [6, 6.07) is 15.2. The van der Waals surface area contributed by atoms with Gasteiger partial charge in [0.05, 0.1) is 7.11 Å². The highest BCUT2D eigenvalue weighted by molar-refractivity contribution is 5.36.